The highest BCUT2D eigenvalue weighted by atomic mass is 19.1. The van der Waals surface area contributed by atoms with Crippen molar-refractivity contribution in [2.24, 2.45) is 0 Å². The molecule has 2 nitrogen and oxygen atoms in total. The smallest absolute Gasteiger partial charge is 0.340 e. The summed E-state index contributed by atoms with van der Waals surface area (Å²) in [4.78, 5) is 11.5. The van der Waals surface area contributed by atoms with Gasteiger partial charge in [0.1, 0.15) is 6.10 Å². The molecule has 0 amide bonds. The van der Waals surface area contributed by atoms with Gasteiger partial charge in [0, 0.05) is 0 Å². The fourth-order valence-electron chi connectivity index (χ4n) is 2.47. The third-order valence-electron chi connectivity index (χ3n) is 3.65. The number of unbranched alkanes of at least 4 members (excludes halogenated alkanes) is 4. The van der Waals surface area contributed by atoms with Gasteiger partial charge in [-0.15, -0.1) is 0 Å². The van der Waals surface area contributed by atoms with Crippen molar-refractivity contribution >= 4 is 5.97 Å². The van der Waals surface area contributed by atoms with Crippen molar-refractivity contribution in [3.63, 3.8) is 0 Å². The maximum absolute atomic E-state index is 13.6. The molecule has 0 aliphatic heterocycles. The van der Waals surface area contributed by atoms with Crippen LogP contribution in [0, 0.1) is 0 Å². The molecule has 1 saturated carbocycles. The minimum atomic E-state index is -1.41. The Morgan fingerprint density at radius 1 is 1.17 bits per heavy atom. The highest BCUT2D eigenvalue weighted by Gasteiger charge is 2.23. The Hall–Kier alpha value is -0.600. The lowest BCUT2D eigenvalue weighted by Crippen LogP contribution is -2.26. The Balaban J connectivity index is 2.08. The average Bonchev–Trinajstić information content (AvgIpc) is 2.39. The Morgan fingerprint density at radius 3 is 2.50 bits per heavy atom. The summed E-state index contributed by atoms with van der Waals surface area (Å²) in [5.41, 5.74) is 0. The SMILES string of the molecule is CCCCCCC[C@H](F)C(=O)OC1CCCCC1. The highest BCUT2D eigenvalue weighted by molar-refractivity contribution is 5.74. The van der Waals surface area contributed by atoms with Crippen molar-refractivity contribution in [3.05, 3.63) is 0 Å². The second kappa shape index (κ2) is 9.35. The van der Waals surface area contributed by atoms with Crippen LogP contribution in [0.3, 0.4) is 0 Å². The van der Waals surface area contributed by atoms with Crippen molar-refractivity contribution in [1.82, 2.24) is 0 Å². The van der Waals surface area contributed by atoms with Crippen molar-refractivity contribution in [3.8, 4) is 0 Å². The first kappa shape index (κ1) is 15.5. The van der Waals surface area contributed by atoms with Gasteiger partial charge in [-0.2, -0.15) is 0 Å². The summed E-state index contributed by atoms with van der Waals surface area (Å²) >= 11 is 0. The van der Waals surface area contributed by atoms with E-state index in [-0.39, 0.29) is 6.10 Å². The Bertz CT molecular complexity index is 225. The van der Waals surface area contributed by atoms with E-state index in [9.17, 15) is 9.18 Å². The van der Waals surface area contributed by atoms with Crippen LogP contribution >= 0.6 is 0 Å². The normalized spacial score (nSPS) is 18.6. The molecule has 1 rings (SSSR count). The maximum Gasteiger partial charge on any atom is 0.340 e. The van der Waals surface area contributed by atoms with Crippen LogP contribution in [0.4, 0.5) is 4.39 Å². The van der Waals surface area contributed by atoms with Gasteiger partial charge in [-0.1, -0.05) is 39.0 Å². The van der Waals surface area contributed by atoms with Gasteiger partial charge in [-0.25, -0.2) is 9.18 Å². The Labute approximate surface area is 110 Å². The zero-order valence-electron chi connectivity index (χ0n) is 11.6. The number of hydrogen-bond donors (Lipinski definition) is 0. The van der Waals surface area contributed by atoms with Crippen LogP contribution in [0.15, 0.2) is 0 Å². The van der Waals surface area contributed by atoms with Gasteiger partial charge >= 0.3 is 5.97 Å². The number of hydrogen-bond acceptors (Lipinski definition) is 2. The lowest BCUT2D eigenvalue weighted by Gasteiger charge is -2.22. The van der Waals surface area contributed by atoms with E-state index >= 15 is 0 Å². The van der Waals surface area contributed by atoms with Crippen LogP contribution < -0.4 is 0 Å². The summed E-state index contributed by atoms with van der Waals surface area (Å²) in [6.45, 7) is 2.15. The van der Waals surface area contributed by atoms with Crippen LogP contribution in [0.2, 0.25) is 0 Å². The summed E-state index contributed by atoms with van der Waals surface area (Å²) in [5.74, 6) is -0.627. The minimum absolute atomic E-state index is 0.0235. The molecule has 1 aliphatic rings. The molecule has 3 heteroatoms. The molecule has 0 aromatic carbocycles. The molecule has 0 N–H and O–H groups in total. The highest BCUT2D eigenvalue weighted by Crippen LogP contribution is 2.21. The third kappa shape index (κ3) is 6.36. The predicted octanol–water partition coefficient (Wildman–Crippen LogP) is 4.56. The van der Waals surface area contributed by atoms with Gasteiger partial charge in [-0.3, -0.25) is 0 Å². The third-order valence-corrected chi connectivity index (χ3v) is 3.65. The van der Waals surface area contributed by atoms with E-state index in [0.717, 1.165) is 44.9 Å². The van der Waals surface area contributed by atoms with Crippen LogP contribution in [0.1, 0.15) is 77.6 Å². The van der Waals surface area contributed by atoms with Crippen LogP contribution in [-0.2, 0) is 9.53 Å². The van der Waals surface area contributed by atoms with E-state index in [0.29, 0.717) is 6.42 Å². The van der Waals surface area contributed by atoms with Crippen LogP contribution in [0.25, 0.3) is 0 Å². The molecule has 0 unspecified atom stereocenters. The molecule has 0 bridgehead atoms. The largest absolute Gasteiger partial charge is 0.460 e. The molecule has 1 atom stereocenters. The first-order valence-electron chi connectivity index (χ1n) is 7.58. The number of carbonyl (C=O) groups is 1. The van der Waals surface area contributed by atoms with Gasteiger partial charge in [0.2, 0.25) is 0 Å². The van der Waals surface area contributed by atoms with Crippen molar-refractivity contribution in [1.29, 1.82) is 0 Å². The zero-order chi connectivity index (χ0) is 13.2. The van der Waals surface area contributed by atoms with Crippen molar-refractivity contribution in [2.45, 2.75) is 89.8 Å². The summed E-state index contributed by atoms with van der Waals surface area (Å²) < 4.78 is 18.8. The molecule has 0 saturated heterocycles. The number of alkyl halides is 1. The Kier molecular flexibility index (Phi) is 8.03. The van der Waals surface area contributed by atoms with Crippen LogP contribution in [-0.4, -0.2) is 18.2 Å². The first-order valence-corrected chi connectivity index (χ1v) is 7.58. The van der Waals surface area contributed by atoms with Crippen molar-refractivity contribution in [2.75, 3.05) is 0 Å². The molecule has 0 aromatic rings. The fourth-order valence-corrected chi connectivity index (χ4v) is 2.47. The number of carbonyl (C=O) groups excluding carboxylic acids is 1. The van der Waals surface area contributed by atoms with Crippen LogP contribution in [0.5, 0.6) is 0 Å². The van der Waals surface area contributed by atoms with Gasteiger partial charge < -0.3 is 4.74 Å². The molecular formula is C15H27FO2. The predicted molar refractivity (Wildman–Crippen MR) is 71.2 cm³/mol. The zero-order valence-corrected chi connectivity index (χ0v) is 11.6. The van der Waals surface area contributed by atoms with E-state index in [4.69, 9.17) is 4.74 Å². The fraction of sp³-hybridized carbons (Fsp3) is 0.933. The lowest BCUT2D eigenvalue weighted by molar-refractivity contribution is -0.156. The Morgan fingerprint density at radius 2 is 1.83 bits per heavy atom. The molecular weight excluding hydrogens is 231 g/mol. The number of rotatable bonds is 8. The van der Waals surface area contributed by atoms with Gasteiger partial charge in [-0.05, 0) is 38.5 Å². The van der Waals surface area contributed by atoms with E-state index in [1.807, 2.05) is 0 Å². The molecule has 0 spiro atoms. The summed E-state index contributed by atoms with van der Waals surface area (Å²) in [6.07, 6.45) is 9.47. The second-order valence-electron chi connectivity index (χ2n) is 5.37. The monoisotopic (exact) mass is 258 g/mol. The summed E-state index contributed by atoms with van der Waals surface area (Å²) in [6, 6.07) is 0. The molecule has 106 valence electrons. The molecule has 0 aromatic heterocycles. The molecule has 18 heavy (non-hydrogen) atoms. The lowest BCUT2D eigenvalue weighted by atomic mass is 9.98. The average molecular weight is 258 g/mol. The summed E-state index contributed by atoms with van der Waals surface area (Å²) in [5, 5.41) is 0. The second-order valence-corrected chi connectivity index (χ2v) is 5.37. The van der Waals surface area contributed by atoms with Gasteiger partial charge in [0.25, 0.3) is 0 Å². The summed E-state index contributed by atoms with van der Waals surface area (Å²) in [7, 11) is 0. The van der Waals surface area contributed by atoms with E-state index in [2.05, 4.69) is 6.92 Å². The minimum Gasteiger partial charge on any atom is -0.460 e. The van der Waals surface area contributed by atoms with E-state index in [1.165, 1.54) is 19.3 Å². The quantitative estimate of drug-likeness (QED) is 0.471. The standard InChI is InChI=1S/C15H27FO2/c1-2-3-4-5-9-12-14(16)15(17)18-13-10-7-6-8-11-13/h13-14H,2-12H2,1H3/t14-/m0/s1. The van der Waals surface area contributed by atoms with Crippen molar-refractivity contribution < 1.29 is 13.9 Å². The van der Waals surface area contributed by atoms with E-state index < -0.39 is 12.1 Å². The molecule has 1 fully saturated rings. The van der Waals surface area contributed by atoms with E-state index in [1.54, 1.807) is 0 Å². The number of ether oxygens (including phenoxy) is 1. The van der Waals surface area contributed by atoms with Gasteiger partial charge in [0.05, 0.1) is 0 Å². The maximum atomic E-state index is 13.6. The molecule has 0 heterocycles. The first-order chi connectivity index (χ1) is 8.74. The number of esters is 1. The van der Waals surface area contributed by atoms with Gasteiger partial charge in [0.15, 0.2) is 6.17 Å². The number of halogens is 1. The molecule has 1 aliphatic carbocycles. The molecule has 0 radical (unpaired) electrons. The topological polar surface area (TPSA) is 26.3 Å².